The first-order chi connectivity index (χ1) is 10.2. The molecule has 1 unspecified atom stereocenters. The normalized spacial score (nSPS) is 26.3. The molecular formula is C18H26N2O. The van der Waals surface area contributed by atoms with Gasteiger partial charge in [0.25, 0.3) is 0 Å². The molecule has 114 valence electrons. The van der Waals surface area contributed by atoms with Gasteiger partial charge in [-0.1, -0.05) is 38.8 Å². The maximum absolute atomic E-state index is 11.5. The molecule has 0 spiro atoms. The molecule has 3 nitrogen and oxygen atoms in total. The standard InChI is InChI=1S/C18H26N2O/c1-3-19-18(13-6-4-12(2)5-7-13)14-8-9-16-15(10-14)11-17(21)20-16/h8-10,12-13,18-19H,3-7,11H2,1-2H3,(H,20,21). The minimum absolute atomic E-state index is 0.119. The van der Waals surface area contributed by atoms with Crippen LogP contribution < -0.4 is 10.6 Å². The van der Waals surface area contributed by atoms with Gasteiger partial charge in [0.05, 0.1) is 6.42 Å². The van der Waals surface area contributed by atoms with Crippen LogP contribution in [0.15, 0.2) is 18.2 Å². The van der Waals surface area contributed by atoms with E-state index in [2.05, 4.69) is 42.7 Å². The molecule has 2 aliphatic rings. The summed E-state index contributed by atoms with van der Waals surface area (Å²) in [5.74, 6) is 1.73. The zero-order valence-electron chi connectivity index (χ0n) is 13.1. The molecule has 2 N–H and O–H groups in total. The van der Waals surface area contributed by atoms with Crippen molar-refractivity contribution in [3.8, 4) is 0 Å². The summed E-state index contributed by atoms with van der Waals surface area (Å²) in [6.45, 7) is 5.53. The van der Waals surface area contributed by atoms with Crippen LogP contribution in [0.4, 0.5) is 5.69 Å². The third-order valence-corrected chi connectivity index (χ3v) is 5.07. The minimum Gasteiger partial charge on any atom is -0.326 e. The van der Waals surface area contributed by atoms with Gasteiger partial charge < -0.3 is 10.6 Å². The predicted molar refractivity (Wildman–Crippen MR) is 86.3 cm³/mol. The van der Waals surface area contributed by atoms with Gasteiger partial charge in [-0.3, -0.25) is 4.79 Å². The van der Waals surface area contributed by atoms with E-state index in [1.165, 1.54) is 31.2 Å². The number of benzene rings is 1. The van der Waals surface area contributed by atoms with Gasteiger partial charge in [0.2, 0.25) is 5.91 Å². The molecule has 1 amide bonds. The zero-order chi connectivity index (χ0) is 14.8. The summed E-state index contributed by atoms with van der Waals surface area (Å²) >= 11 is 0. The number of hydrogen-bond acceptors (Lipinski definition) is 2. The summed E-state index contributed by atoms with van der Waals surface area (Å²) < 4.78 is 0. The first-order valence-corrected chi connectivity index (χ1v) is 8.33. The molecule has 1 aromatic rings. The largest absolute Gasteiger partial charge is 0.326 e. The first-order valence-electron chi connectivity index (χ1n) is 8.33. The van der Waals surface area contributed by atoms with E-state index in [0.29, 0.717) is 12.5 Å². The van der Waals surface area contributed by atoms with E-state index in [1.807, 2.05) is 0 Å². The van der Waals surface area contributed by atoms with Crippen molar-refractivity contribution >= 4 is 11.6 Å². The topological polar surface area (TPSA) is 41.1 Å². The molecule has 0 saturated heterocycles. The van der Waals surface area contributed by atoms with Crippen LogP contribution in [0.3, 0.4) is 0 Å². The van der Waals surface area contributed by atoms with E-state index in [0.717, 1.165) is 29.6 Å². The first kappa shape index (κ1) is 14.6. The third-order valence-electron chi connectivity index (χ3n) is 5.07. The van der Waals surface area contributed by atoms with E-state index >= 15 is 0 Å². The molecule has 1 aromatic carbocycles. The Balaban J connectivity index is 1.81. The molecule has 1 saturated carbocycles. The van der Waals surface area contributed by atoms with Crippen LogP contribution in [0.25, 0.3) is 0 Å². The van der Waals surface area contributed by atoms with E-state index in [4.69, 9.17) is 0 Å². The molecule has 1 atom stereocenters. The van der Waals surface area contributed by atoms with Gasteiger partial charge >= 0.3 is 0 Å². The Morgan fingerprint density at radius 3 is 2.76 bits per heavy atom. The van der Waals surface area contributed by atoms with Crippen molar-refractivity contribution in [3.63, 3.8) is 0 Å². The lowest BCUT2D eigenvalue weighted by Gasteiger charge is -2.33. The summed E-state index contributed by atoms with van der Waals surface area (Å²) in [4.78, 5) is 11.5. The molecule has 1 fully saturated rings. The highest BCUT2D eigenvalue weighted by atomic mass is 16.1. The lowest BCUT2D eigenvalue weighted by molar-refractivity contribution is -0.115. The van der Waals surface area contributed by atoms with Gasteiger partial charge in [-0.25, -0.2) is 0 Å². The Hall–Kier alpha value is -1.35. The van der Waals surface area contributed by atoms with Crippen molar-refractivity contribution in [2.24, 2.45) is 11.8 Å². The van der Waals surface area contributed by atoms with Crippen molar-refractivity contribution in [1.29, 1.82) is 0 Å². The summed E-state index contributed by atoms with van der Waals surface area (Å²) in [7, 11) is 0. The Morgan fingerprint density at radius 2 is 2.05 bits per heavy atom. The zero-order valence-corrected chi connectivity index (χ0v) is 13.1. The Bertz CT molecular complexity index is 518. The van der Waals surface area contributed by atoms with Gasteiger partial charge in [0.15, 0.2) is 0 Å². The maximum atomic E-state index is 11.5. The van der Waals surface area contributed by atoms with Crippen LogP contribution in [-0.4, -0.2) is 12.5 Å². The summed E-state index contributed by atoms with van der Waals surface area (Å²) in [6.07, 6.45) is 5.85. The SMILES string of the molecule is CCNC(c1ccc2c(c1)CC(=O)N2)C1CCC(C)CC1. The van der Waals surface area contributed by atoms with Crippen molar-refractivity contribution < 1.29 is 4.79 Å². The molecule has 1 aliphatic heterocycles. The number of anilines is 1. The van der Waals surface area contributed by atoms with Crippen LogP contribution in [0.5, 0.6) is 0 Å². The predicted octanol–water partition coefficient (Wildman–Crippen LogP) is 3.66. The third kappa shape index (κ3) is 3.13. The second kappa shape index (κ2) is 6.18. The number of carbonyl (C=O) groups excluding carboxylic acids is 1. The van der Waals surface area contributed by atoms with Crippen molar-refractivity contribution in [2.75, 3.05) is 11.9 Å². The molecule has 1 aliphatic carbocycles. The molecule has 0 bridgehead atoms. The fraction of sp³-hybridized carbons (Fsp3) is 0.611. The highest BCUT2D eigenvalue weighted by Gasteiger charge is 2.28. The second-order valence-corrected chi connectivity index (χ2v) is 6.70. The molecule has 0 radical (unpaired) electrons. The Morgan fingerprint density at radius 1 is 1.29 bits per heavy atom. The van der Waals surface area contributed by atoms with Gasteiger partial charge in [-0.2, -0.15) is 0 Å². The number of fused-ring (bicyclic) bond motifs is 1. The lowest BCUT2D eigenvalue weighted by Crippen LogP contribution is -2.30. The highest BCUT2D eigenvalue weighted by Crippen LogP contribution is 2.38. The van der Waals surface area contributed by atoms with Crippen molar-refractivity contribution in [3.05, 3.63) is 29.3 Å². The van der Waals surface area contributed by atoms with Crippen LogP contribution in [-0.2, 0) is 11.2 Å². The molecule has 0 aromatic heterocycles. The van der Waals surface area contributed by atoms with Gasteiger partial charge in [0.1, 0.15) is 0 Å². The highest BCUT2D eigenvalue weighted by molar-refractivity contribution is 5.99. The van der Waals surface area contributed by atoms with E-state index in [1.54, 1.807) is 0 Å². The average molecular weight is 286 g/mol. The maximum Gasteiger partial charge on any atom is 0.228 e. The fourth-order valence-electron chi connectivity index (χ4n) is 3.84. The van der Waals surface area contributed by atoms with Crippen LogP contribution in [0, 0.1) is 11.8 Å². The number of nitrogens with one attached hydrogen (secondary N) is 2. The minimum atomic E-state index is 0.119. The molecule has 1 heterocycles. The number of carbonyl (C=O) groups is 1. The van der Waals surface area contributed by atoms with E-state index < -0.39 is 0 Å². The smallest absolute Gasteiger partial charge is 0.228 e. The molecule has 21 heavy (non-hydrogen) atoms. The number of amides is 1. The van der Waals surface area contributed by atoms with Crippen LogP contribution >= 0.6 is 0 Å². The van der Waals surface area contributed by atoms with Gasteiger partial charge in [-0.05, 0) is 48.4 Å². The fourth-order valence-corrected chi connectivity index (χ4v) is 3.84. The van der Waals surface area contributed by atoms with E-state index in [9.17, 15) is 4.79 Å². The summed E-state index contributed by atoms with van der Waals surface area (Å²) in [5, 5.41) is 6.60. The molecular weight excluding hydrogens is 260 g/mol. The van der Waals surface area contributed by atoms with Gasteiger partial charge in [-0.15, -0.1) is 0 Å². The van der Waals surface area contributed by atoms with Crippen LogP contribution in [0.2, 0.25) is 0 Å². The monoisotopic (exact) mass is 286 g/mol. The van der Waals surface area contributed by atoms with E-state index in [-0.39, 0.29) is 5.91 Å². The van der Waals surface area contributed by atoms with Gasteiger partial charge in [0, 0.05) is 11.7 Å². The summed E-state index contributed by atoms with van der Waals surface area (Å²) in [6, 6.07) is 6.93. The number of hydrogen-bond donors (Lipinski definition) is 2. The average Bonchev–Trinajstić information content (AvgIpc) is 2.85. The Kier molecular flexibility index (Phi) is 4.29. The lowest BCUT2D eigenvalue weighted by atomic mass is 9.77. The second-order valence-electron chi connectivity index (χ2n) is 6.70. The Labute approximate surface area is 127 Å². The summed E-state index contributed by atoms with van der Waals surface area (Å²) in [5.41, 5.74) is 3.51. The van der Waals surface area contributed by atoms with Crippen molar-refractivity contribution in [2.45, 2.75) is 52.0 Å². The van der Waals surface area contributed by atoms with Crippen molar-refractivity contribution in [1.82, 2.24) is 5.32 Å². The number of rotatable bonds is 4. The molecule has 3 heteroatoms. The molecule has 3 rings (SSSR count). The quantitative estimate of drug-likeness (QED) is 0.887. The van der Waals surface area contributed by atoms with Crippen LogP contribution in [0.1, 0.15) is 56.7 Å².